The van der Waals surface area contributed by atoms with Crippen molar-refractivity contribution >= 4 is 17.1 Å². The summed E-state index contributed by atoms with van der Waals surface area (Å²) in [7, 11) is 0. The van der Waals surface area contributed by atoms with Crippen molar-refractivity contribution in [1.29, 1.82) is 0 Å². The molecule has 1 aliphatic rings. The fourth-order valence-corrected chi connectivity index (χ4v) is 3.32. The normalized spacial score (nSPS) is 18.5. The van der Waals surface area contributed by atoms with Crippen LogP contribution in [0.5, 0.6) is 0 Å². The number of aromatic nitrogens is 1. The van der Waals surface area contributed by atoms with Crippen LogP contribution in [0.15, 0.2) is 22.6 Å². The van der Waals surface area contributed by atoms with E-state index in [1.54, 1.807) is 0 Å². The van der Waals surface area contributed by atoms with E-state index in [1.807, 2.05) is 25.1 Å². The van der Waals surface area contributed by atoms with Crippen molar-refractivity contribution in [3.05, 3.63) is 29.7 Å². The number of carboxylic acid groups (broad SMARTS) is 1. The van der Waals surface area contributed by atoms with Gasteiger partial charge in [-0.3, -0.25) is 4.79 Å². The van der Waals surface area contributed by atoms with E-state index in [0.717, 1.165) is 55.2 Å². The lowest BCUT2D eigenvalue weighted by Crippen LogP contribution is -2.33. The lowest BCUT2D eigenvalue weighted by Gasteiger charge is -2.26. The summed E-state index contributed by atoms with van der Waals surface area (Å²) in [5.74, 6) is -0.150. The van der Waals surface area contributed by atoms with E-state index >= 15 is 0 Å². The first-order valence-electron chi connectivity index (χ1n) is 7.69. The molecule has 1 aromatic carbocycles. The van der Waals surface area contributed by atoms with E-state index in [0.29, 0.717) is 12.3 Å². The van der Waals surface area contributed by atoms with Crippen molar-refractivity contribution in [1.82, 2.24) is 4.98 Å². The van der Waals surface area contributed by atoms with E-state index in [4.69, 9.17) is 4.42 Å². The minimum atomic E-state index is -0.706. The Bertz CT molecular complexity index is 651. The summed E-state index contributed by atoms with van der Waals surface area (Å²) in [6, 6.07) is 5.87. The molecule has 1 fully saturated rings. The Morgan fingerprint density at radius 2 is 2.00 bits per heavy atom. The molecule has 0 unspecified atom stereocenters. The Hall–Kier alpha value is -1.84. The molecule has 0 spiro atoms. The summed E-state index contributed by atoms with van der Waals surface area (Å²) in [6.07, 6.45) is 6.05. The van der Waals surface area contributed by atoms with E-state index in [-0.39, 0.29) is 0 Å². The molecule has 4 heteroatoms. The number of benzene rings is 1. The number of hydrogen-bond acceptors (Lipinski definition) is 3. The number of rotatable bonds is 3. The molecular weight excluding hydrogens is 266 g/mol. The average molecular weight is 287 g/mol. The van der Waals surface area contributed by atoms with Crippen LogP contribution in [0, 0.1) is 12.3 Å². The van der Waals surface area contributed by atoms with Crippen LogP contribution in [0.1, 0.15) is 50.0 Å². The Balaban J connectivity index is 1.91. The summed E-state index contributed by atoms with van der Waals surface area (Å²) >= 11 is 0. The first-order valence-corrected chi connectivity index (χ1v) is 7.69. The minimum Gasteiger partial charge on any atom is -0.481 e. The Kier molecular flexibility index (Phi) is 3.70. The first-order chi connectivity index (χ1) is 10.1. The van der Waals surface area contributed by atoms with Crippen LogP contribution in [-0.4, -0.2) is 16.1 Å². The maximum absolute atomic E-state index is 11.8. The molecule has 1 saturated carbocycles. The van der Waals surface area contributed by atoms with E-state index in [1.165, 1.54) is 0 Å². The molecule has 0 amide bonds. The number of aryl methyl sites for hydroxylation is 1. The van der Waals surface area contributed by atoms with Gasteiger partial charge in [-0.1, -0.05) is 31.7 Å². The third-order valence-corrected chi connectivity index (χ3v) is 4.59. The lowest BCUT2D eigenvalue weighted by molar-refractivity contribution is -0.150. The van der Waals surface area contributed by atoms with Gasteiger partial charge in [0.1, 0.15) is 5.52 Å². The molecule has 0 radical (unpaired) electrons. The van der Waals surface area contributed by atoms with E-state index in [2.05, 4.69) is 4.98 Å². The molecule has 112 valence electrons. The van der Waals surface area contributed by atoms with Crippen molar-refractivity contribution < 1.29 is 14.3 Å². The maximum atomic E-state index is 11.8. The second kappa shape index (κ2) is 5.51. The highest BCUT2D eigenvalue weighted by Crippen LogP contribution is 2.38. The van der Waals surface area contributed by atoms with Gasteiger partial charge in [-0.2, -0.15) is 0 Å². The van der Waals surface area contributed by atoms with Gasteiger partial charge in [-0.25, -0.2) is 4.98 Å². The Labute approximate surface area is 124 Å². The lowest BCUT2D eigenvalue weighted by atomic mass is 9.77. The first kappa shape index (κ1) is 14.1. The zero-order chi connectivity index (χ0) is 14.9. The molecule has 21 heavy (non-hydrogen) atoms. The number of aliphatic carboxylic acids is 1. The van der Waals surface area contributed by atoms with Crippen molar-refractivity contribution in [2.75, 3.05) is 0 Å². The summed E-state index contributed by atoms with van der Waals surface area (Å²) in [6.45, 7) is 2.01. The molecule has 1 N–H and O–H groups in total. The molecule has 4 nitrogen and oxygen atoms in total. The van der Waals surface area contributed by atoms with Crippen LogP contribution < -0.4 is 0 Å². The van der Waals surface area contributed by atoms with Gasteiger partial charge in [0, 0.05) is 6.42 Å². The molecule has 3 rings (SSSR count). The highest BCUT2D eigenvalue weighted by molar-refractivity contribution is 5.76. The van der Waals surface area contributed by atoms with Crippen molar-refractivity contribution in [3.63, 3.8) is 0 Å². The highest BCUT2D eigenvalue weighted by atomic mass is 16.4. The predicted octanol–water partition coefficient (Wildman–Crippen LogP) is 4.10. The van der Waals surface area contributed by atoms with Crippen LogP contribution in [0.4, 0.5) is 0 Å². The monoisotopic (exact) mass is 287 g/mol. The zero-order valence-corrected chi connectivity index (χ0v) is 12.4. The van der Waals surface area contributed by atoms with Gasteiger partial charge in [0.15, 0.2) is 11.5 Å². The zero-order valence-electron chi connectivity index (χ0n) is 12.4. The third-order valence-electron chi connectivity index (χ3n) is 4.59. The number of hydrogen-bond donors (Lipinski definition) is 1. The summed E-state index contributed by atoms with van der Waals surface area (Å²) < 4.78 is 5.79. The van der Waals surface area contributed by atoms with Gasteiger partial charge in [-0.05, 0) is 37.5 Å². The topological polar surface area (TPSA) is 63.3 Å². The number of carboxylic acids is 1. The van der Waals surface area contributed by atoms with Gasteiger partial charge < -0.3 is 9.52 Å². The SMILES string of the molecule is Cc1ccc2nc(CC3(C(=O)O)CCCCCC3)oc2c1. The molecule has 0 bridgehead atoms. The quantitative estimate of drug-likeness (QED) is 0.863. The molecule has 0 saturated heterocycles. The largest absolute Gasteiger partial charge is 0.481 e. The second-order valence-electron chi connectivity index (χ2n) is 6.26. The van der Waals surface area contributed by atoms with Crippen LogP contribution in [0.2, 0.25) is 0 Å². The fraction of sp³-hybridized carbons (Fsp3) is 0.529. The highest BCUT2D eigenvalue weighted by Gasteiger charge is 2.40. The van der Waals surface area contributed by atoms with Crippen molar-refractivity contribution in [2.24, 2.45) is 5.41 Å². The fourth-order valence-electron chi connectivity index (χ4n) is 3.32. The van der Waals surface area contributed by atoms with Crippen LogP contribution in [-0.2, 0) is 11.2 Å². The average Bonchev–Trinajstić information content (AvgIpc) is 2.67. The van der Waals surface area contributed by atoms with Crippen LogP contribution >= 0.6 is 0 Å². The standard InChI is InChI=1S/C17H21NO3/c1-12-6-7-13-14(10-12)21-15(18-13)11-17(16(19)20)8-4-2-3-5-9-17/h6-7,10H,2-5,8-9,11H2,1H3,(H,19,20). The maximum Gasteiger partial charge on any atom is 0.310 e. The van der Waals surface area contributed by atoms with Gasteiger partial charge in [0.05, 0.1) is 5.41 Å². The number of fused-ring (bicyclic) bond motifs is 1. The molecule has 0 atom stereocenters. The van der Waals surface area contributed by atoms with Crippen LogP contribution in [0.25, 0.3) is 11.1 Å². The molecule has 0 aliphatic heterocycles. The predicted molar refractivity (Wildman–Crippen MR) is 80.2 cm³/mol. The Morgan fingerprint density at radius 1 is 1.29 bits per heavy atom. The third kappa shape index (κ3) is 2.80. The summed E-state index contributed by atoms with van der Waals surface area (Å²) in [5.41, 5.74) is 1.98. The Morgan fingerprint density at radius 3 is 2.67 bits per heavy atom. The second-order valence-corrected chi connectivity index (χ2v) is 6.26. The number of oxazole rings is 1. The van der Waals surface area contributed by atoms with Gasteiger partial charge in [0.2, 0.25) is 0 Å². The van der Waals surface area contributed by atoms with Gasteiger partial charge in [-0.15, -0.1) is 0 Å². The van der Waals surface area contributed by atoms with Gasteiger partial charge in [0.25, 0.3) is 0 Å². The molecule has 2 aromatic rings. The molecule has 1 aromatic heterocycles. The van der Waals surface area contributed by atoms with Crippen LogP contribution in [0.3, 0.4) is 0 Å². The van der Waals surface area contributed by atoms with Gasteiger partial charge >= 0.3 is 5.97 Å². The van der Waals surface area contributed by atoms with Crippen molar-refractivity contribution in [3.8, 4) is 0 Å². The molecule has 1 heterocycles. The molecule has 1 aliphatic carbocycles. The molecular formula is C17H21NO3. The van der Waals surface area contributed by atoms with Crippen molar-refractivity contribution in [2.45, 2.75) is 51.9 Å². The summed E-state index contributed by atoms with van der Waals surface area (Å²) in [5, 5.41) is 9.72. The van der Waals surface area contributed by atoms with E-state index < -0.39 is 11.4 Å². The van der Waals surface area contributed by atoms with E-state index in [9.17, 15) is 9.90 Å². The number of carbonyl (C=O) groups is 1. The number of nitrogens with zero attached hydrogens (tertiary/aromatic N) is 1. The minimum absolute atomic E-state index is 0.399. The summed E-state index contributed by atoms with van der Waals surface area (Å²) in [4.78, 5) is 16.3. The smallest absolute Gasteiger partial charge is 0.310 e.